The van der Waals surface area contributed by atoms with E-state index >= 15 is 0 Å². The van der Waals surface area contributed by atoms with Gasteiger partial charge in [-0.1, -0.05) is 78.1 Å². The van der Waals surface area contributed by atoms with Gasteiger partial charge in [0.25, 0.3) is 0 Å². The molecule has 0 amide bonds. The lowest BCUT2D eigenvalue weighted by Crippen LogP contribution is -2.26. The number of nitrogens with zero attached hydrogens (tertiary/aromatic N) is 4. The topological polar surface area (TPSA) is 170 Å². The number of aldehydes is 1. The average molecular weight is 600 g/mol. The SMILES string of the molecule is CCC(COC)OC(C)n1cnc2c(NC)nc(N)nc21.CCCCCCCCCCCCC(C=O)NC.CO.CO. The van der Waals surface area contributed by atoms with Gasteiger partial charge in [-0.2, -0.15) is 9.97 Å². The Morgan fingerprint density at radius 1 is 0.976 bits per heavy atom. The minimum absolute atomic E-state index is 0.0189. The maximum Gasteiger partial charge on any atom is 0.224 e. The highest BCUT2D eigenvalue weighted by Crippen LogP contribution is 2.23. The Kier molecular flexibility index (Phi) is 28.6. The number of carbonyl (C=O) groups is 1. The van der Waals surface area contributed by atoms with Crippen molar-refractivity contribution in [2.45, 2.75) is 116 Å². The standard InChI is InChI=1S/C15H31NO.C13H22N6O2.2CH4O/c1-3-4-5-6-7-8-9-10-11-12-13-15(14-17)16-2;1-5-9(6-20-4)21-8(2)19-7-16-10-11(15-3)17-13(14)18-12(10)19;2*1-2/h14-16H,3-13H2,1-2H3;7-9H,5-6H2,1-4H3,(H3,14,15,17,18);2*2H,1H3. The number of hydrogen-bond donors (Lipinski definition) is 5. The molecule has 0 saturated carbocycles. The van der Waals surface area contributed by atoms with Crippen LogP contribution in [0.4, 0.5) is 11.8 Å². The van der Waals surface area contributed by atoms with Gasteiger partial charge in [-0.15, -0.1) is 0 Å². The van der Waals surface area contributed by atoms with Gasteiger partial charge in [0, 0.05) is 28.4 Å². The van der Waals surface area contributed by atoms with Gasteiger partial charge in [0.05, 0.1) is 25.1 Å². The first-order valence-electron chi connectivity index (χ1n) is 15.3. The van der Waals surface area contributed by atoms with E-state index in [0.29, 0.717) is 23.6 Å². The highest BCUT2D eigenvalue weighted by atomic mass is 16.5. The van der Waals surface area contributed by atoms with Crippen LogP contribution < -0.4 is 16.4 Å². The number of rotatable bonds is 20. The zero-order valence-corrected chi connectivity index (χ0v) is 27.6. The molecule has 246 valence electrons. The number of aromatic nitrogens is 4. The lowest BCUT2D eigenvalue weighted by atomic mass is 10.0. The number of aliphatic hydroxyl groups is 2. The molecule has 0 bridgehead atoms. The maximum absolute atomic E-state index is 10.6. The van der Waals surface area contributed by atoms with Crippen LogP contribution in [0.5, 0.6) is 0 Å². The number of fused-ring (bicyclic) bond motifs is 1. The highest BCUT2D eigenvalue weighted by molar-refractivity contribution is 5.84. The molecule has 3 unspecified atom stereocenters. The van der Waals surface area contributed by atoms with Crippen LogP contribution in [0.3, 0.4) is 0 Å². The number of hydrogen-bond acceptors (Lipinski definition) is 11. The zero-order chi connectivity index (χ0) is 32.2. The van der Waals surface area contributed by atoms with Crippen LogP contribution >= 0.6 is 0 Å². The van der Waals surface area contributed by atoms with Crippen molar-refractivity contribution in [2.24, 2.45) is 0 Å². The molecule has 2 aromatic rings. The van der Waals surface area contributed by atoms with Crippen LogP contribution in [-0.4, -0.2) is 90.2 Å². The third-order valence-corrected chi connectivity index (χ3v) is 6.67. The lowest BCUT2D eigenvalue weighted by molar-refractivity contribution is -0.109. The Labute approximate surface area is 254 Å². The average Bonchev–Trinajstić information content (AvgIpc) is 3.45. The number of aliphatic hydroxyl groups excluding tert-OH is 2. The first kappa shape index (κ1) is 41.8. The van der Waals surface area contributed by atoms with E-state index in [0.717, 1.165) is 33.3 Å². The van der Waals surface area contributed by atoms with E-state index in [1.54, 1.807) is 20.5 Å². The summed E-state index contributed by atoms with van der Waals surface area (Å²) in [5.74, 6) is 0.803. The molecule has 0 fully saturated rings. The summed E-state index contributed by atoms with van der Waals surface area (Å²) in [5, 5.41) is 20.0. The number of nitrogens with two attached hydrogens (primary N) is 1. The molecule has 0 aliphatic rings. The van der Waals surface area contributed by atoms with E-state index in [2.05, 4.69) is 39.4 Å². The minimum Gasteiger partial charge on any atom is -0.400 e. The van der Waals surface area contributed by atoms with E-state index in [9.17, 15) is 4.79 Å². The van der Waals surface area contributed by atoms with Gasteiger partial charge in [-0.25, -0.2) is 4.98 Å². The number of imidazole rings is 1. The third-order valence-electron chi connectivity index (χ3n) is 6.67. The largest absolute Gasteiger partial charge is 0.400 e. The second kappa shape index (κ2) is 28.7. The van der Waals surface area contributed by atoms with Crippen molar-refractivity contribution in [3.05, 3.63) is 6.33 Å². The molecule has 0 saturated heterocycles. The number of ether oxygens (including phenoxy) is 2. The number of unbranched alkanes of at least 4 members (excludes halogenated alkanes) is 9. The Morgan fingerprint density at radius 3 is 2.02 bits per heavy atom. The van der Waals surface area contributed by atoms with Crippen molar-refractivity contribution < 1.29 is 24.5 Å². The summed E-state index contributed by atoms with van der Waals surface area (Å²) in [5.41, 5.74) is 7.05. The molecule has 2 rings (SSSR count). The summed E-state index contributed by atoms with van der Waals surface area (Å²) in [6.45, 7) is 6.81. The normalized spacial score (nSPS) is 12.5. The zero-order valence-electron chi connectivity index (χ0n) is 27.6. The van der Waals surface area contributed by atoms with Crippen molar-refractivity contribution in [2.75, 3.05) is 53.1 Å². The molecule has 0 radical (unpaired) electrons. The molecule has 3 atom stereocenters. The van der Waals surface area contributed by atoms with Gasteiger partial charge < -0.3 is 40.8 Å². The predicted molar refractivity (Wildman–Crippen MR) is 173 cm³/mol. The second-order valence-electron chi connectivity index (χ2n) is 9.73. The van der Waals surface area contributed by atoms with Crippen LogP contribution in [-0.2, 0) is 14.3 Å². The first-order valence-corrected chi connectivity index (χ1v) is 15.3. The molecular weight excluding hydrogens is 538 g/mol. The summed E-state index contributed by atoms with van der Waals surface area (Å²) in [7, 11) is 7.29. The molecule has 12 nitrogen and oxygen atoms in total. The van der Waals surface area contributed by atoms with Gasteiger partial charge in [-0.05, 0) is 26.8 Å². The number of nitrogen functional groups attached to an aromatic ring is 1. The molecular formula is C30H61N7O5. The second-order valence-corrected chi connectivity index (χ2v) is 9.73. The van der Waals surface area contributed by atoms with Gasteiger partial charge in [0.15, 0.2) is 17.0 Å². The molecule has 0 aromatic carbocycles. The lowest BCUT2D eigenvalue weighted by Gasteiger charge is -2.21. The molecule has 6 N–H and O–H groups in total. The third kappa shape index (κ3) is 17.5. The summed E-state index contributed by atoms with van der Waals surface area (Å²) < 4.78 is 13.0. The molecule has 0 aliphatic heterocycles. The van der Waals surface area contributed by atoms with Gasteiger partial charge in [0.1, 0.15) is 12.5 Å². The monoisotopic (exact) mass is 599 g/mol. The van der Waals surface area contributed by atoms with Crippen LogP contribution in [0, 0.1) is 0 Å². The number of anilines is 2. The van der Waals surface area contributed by atoms with E-state index in [4.69, 9.17) is 25.4 Å². The van der Waals surface area contributed by atoms with Crippen LogP contribution in [0.15, 0.2) is 6.33 Å². The molecule has 2 heterocycles. The van der Waals surface area contributed by atoms with Crippen LogP contribution in [0.2, 0.25) is 0 Å². The van der Waals surface area contributed by atoms with E-state index in [1.807, 2.05) is 18.5 Å². The molecule has 42 heavy (non-hydrogen) atoms. The quantitative estimate of drug-likeness (QED) is 0.105. The summed E-state index contributed by atoms with van der Waals surface area (Å²) >= 11 is 0. The first-order chi connectivity index (χ1) is 20.4. The maximum atomic E-state index is 10.6. The van der Waals surface area contributed by atoms with Crippen LogP contribution in [0.1, 0.15) is 104 Å². The highest BCUT2D eigenvalue weighted by Gasteiger charge is 2.18. The molecule has 0 aliphatic carbocycles. The fourth-order valence-electron chi connectivity index (χ4n) is 4.29. The number of carbonyl (C=O) groups excluding carboxylic acids is 1. The molecule has 0 spiro atoms. The summed E-state index contributed by atoms with van der Waals surface area (Å²) in [4.78, 5) is 23.3. The fourth-order valence-corrected chi connectivity index (χ4v) is 4.29. The summed E-state index contributed by atoms with van der Waals surface area (Å²) in [6, 6.07) is 0.0732. The predicted octanol–water partition coefficient (Wildman–Crippen LogP) is 4.71. The van der Waals surface area contributed by atoms with E-state index in [1.165, 1.54) is 64.2 Å². The van der Waals surface area contributed by atoms with Crippen molar-refractivity contribution in [3.8, 4) is 0 Å². The number of methoxy groups -OCH3 is 1. The molecule has 12 heteroatoms. The van der Waals surface area contributed by atoms with Gasteiger partial charge >= 0.3 is 0 Å². The van der Waals surface area contributed by atoms with Crippen molar-refractivity contribution in [1.29, 1.82) is 0 Å². The Bertz CT molecular complexity index is 885. The van der Waals surface area contributed by atoms with Gasteiger partial charge in [0.2, 0.25) is 5.95 Å². The Balaban J connectivity index is 0. The fraction of sp³-hybridized carbons (Fsp3) is 0.800. The Hall–Kier alpha value is -2.38. The smallest absolute Gasteiger partial charge is 0.224 e. The minimum atomic E-state index is -0.228. The van der Waals surface area contributed by atoms with Crippen molar-refractivity contribution in [3.63, 3.8) is 0 Å². The number of likely N-dealkylation sites (N-methyl/N-ethyl adjacent to an activating group) is 1. The Morgan fingerprint density at radius 2 is 1.55 bits per heavy atom. The van der Waals surface area contributed by atoms with E-state index in [-0.39, 0.29) is 24.3 Å². The van der Waals surface area contributed by atoms with Gasteiger partial charge in [-0.3, -0.25) is 4.57 Å². The van der Waals surface area contributed by atoms with E-state index < -0.39 is 0 Å². The van der Waals surface area contributed by atoms with Crippen molar-refractivity contribution in [1.82, 2.24) is 24.8 Å². The number of nitrogens with one attached hydrogen (secondary N) is 2. The van der Waals surface area contributed by atoms with Crippen molar-refractivity contribution >= 4 is 29.2 Å². The molecule has 2 aromatic heterocycles. The van der Waals surface area contributed by atoms with Crippen LogP contribution in [0.25, 0.3) is 11.2 Å². The summed E-state index contributed by atoms with van der Waals surface area (Å²) in [6.07, 6.45) is 17.9.